The Kier molecular flexibility index (Phi) is 10.0. The van der Waals surface area contributed by atoms with Crippen molar-refractivity contribution < 1.29 is 90.2 Å². The van der Waals surface area contributed by atoms with Crippen molar-refractivity contribution >= 4 is 41.3 Å². The van der Waals surface area contributed by atoms with Gasteiger partial charge in [0.15, 0.2) is 5.75 Å². The number of benzene rings is 2. The van der Waals surface area contributed by atoms with Gasteiger partial charge in [0.1, 0.15) is 11.3 Å². The molecule has 0 amide bonds. The number of furan rings is 1. The normalized spacial score (nSPS) is 13.8. The second kappa shape index (κ2) is 11.9. The van der Waals surface area contributed by atoms with Crippen molar-refractivity contribution in [2.45, 2.75) is 36.0 Å². The summed E-state index contributed by atoms with van der Waals surface area (Å²) < 4.78 is 219. The summed E-state index contributed by atoms with van der Waals surface area (Å²) in [6.45, 7) is 1.45. The van der Waals surface area contributed by atoms with Crippen molar-refractivity contribution in [2.24, 2.45) is 0 Å². The maximum absolute atomic E-state index is 12.9. The largest absolute Gasteiger partial charge is 0.534 e. The smallest absolute Gasteiger partial charge is 0.460 e. The number of rotatable bonds is 6. The van der Waals surface area contributed by atoms with E-state index in [9.17, 15) is 77.9 Å². The van der Waals surface area contributed by atoms with Crippen LogP contribution in [-0.2, 0) is 46.6 Å². The molecule has 0 aliphatic heterocycles. The van der Waals surface area contributed by atoms with Crippen LogP contribution in [0.15, 0.2) is 46.9 Å². The van der Waals surface area contributed by atoms with E-state index in [1.54, 1.807) is 0 Å². The van der Waals surface area contributed by atoms with E-state index in [1.807, 2.05) is 3.63 Å². The summed E-state index contributed by atoms with van der Waals surface area (Å²) >= 11 is 0. The molecule has 0 fully saturated rings. The van der Waals surface area contributed by atoms with Gasteiger partial charge in [-0.3, -0.25) is 0 Å². The number of halogens is 12. The van der Waals surface area contributed by atoms with Crippen LogP contribution in [0.1, 0.15) is 22.5 Å². The van der Waals surface area contributed by atoms with Crippen LogP contribution < -0.4 is 4.18 Å². The van der Waals surface area contributed by atoms with Crippen LogP contribution in [0.5, 0.6) is 5.75 Å². The Balaban J connectivity index is 0.000000382. The molecule has 0 spiro atoms. The molecule has 0 saturated heterocycles. The first-order chi connectivity index (χ1) is 19.5. The van der Waals surface area contributed by atoms with E-state index in [0.717, 1.165) is 18.2 Å². The third-order valence-corrected chi connectivity index (χ3v) is 8.40. The van der Waals surface area contributed by atoms with Crippen molar-refractivity contribution in [3.05, 3.63) is 64.9 Å². The molecule has 0 unspecified atom stereocenters. The van der Waals surface area contributed by atoms with E-state index in [4.69, 9.17) is 4.42 Å². The van der Waals surface area contributed by atoms with E-state index < -0.39 is 64.4 Å². The highest BCUT2D eigenvalue weighted by Gasteiger charge is 2.57. The van der Waals surface area contributed by atoms with Gasteiger partial charge < -0.3 is 8.60 Å². The predicted octanol–water partition coefficient (Wildman–Crippen LogP) is 6.28. The third kappa shape index (κ3) is 8.47. The Morgan fingerprint density at radius 3 is 1.61 bits per heavy atom. The average Bonchev–Trinajstić information content (AvgIpc) is 3.12. The minimum atomic E-state index is -6.85. The van der Waals surface area contributed by atoms with E-state index in [2.05, 4.69) is 4.18 Å². The van der Waals surface area contributed by atoms with Crippen LogP contribution in [0.25, 0.3) is 11.0 Å². The lowest BCUT2D eigenvalue weighted by atomic mass is 10.0. The quantitative estimate of drug-likeness (QED) is 0.164. The number of alkyl halides is 12. The molecule has 0 aliphatic carbocycles. The Morgan fingerprint density at radius 1 is 0.682 bits per heavy atom. The lowest BCUT2D eigenvalue weighted by molar-refractivity contribution is -0.137. The minimum Gasteiger partial charge on any atom is -0.460 e. The molecule has 24 heteroatoms. The lowest BCUT2D eigenvalue weighted by Gasteiger charge is -2.10. The first-order valence-electron chi connectivity index (χ1n) is 10.5. The maximum atomic E-state index is 12.9. The van der Waals surface area contributed by atoms with Gasteiger partial charge in [-0.2, -0.15) is 77.9 Å². The van der Waals surface area contributed by atoms with Gasteiger partial charge in [-0.05, 0) is 30.7 Å². The van der Waals surface area contributed by atoms with Crippen LogP contribution in [0.4, 0.5) is 52.7 Å². The average molecular weight is 720 g/mol. The van der Waals surface area contributed by atoms with E-state index in [0.29, 0.717) is 0 Å². The summed E-state index contributed by atoms with van der Waals surface area (Å²) in [5.41, 5.74) is -18.4. The number of fused-ring (bicyclic) bond motifs is 1. The molecule has 0 saturated carbocycles. The zero-order valence-corrected chi connectivity index (χ0v) is 23.1. The van der Waals surface area contributed by atoms with Gasteiger partial charge in [-0.1, -0.05) is 24.3 Å². The van der Waals surface area contributed by atoms with Gasteiger partial charge in [-0.25, -0.2) is 0 Å². The summed E-state index contributed by atoms with van der Waals surface area (Å²) in [5, 5.41) is -0.0118. The fourth-order valence-electron chi connectivity index (χ4n) is 2.96. The lowest BCUT2D eigenvalue weighted by Crippen LogP contribution is -2.34. The van der Waals surface area contributed by atoms with Crippen molar-refractivity contribution in [1.82, 2.24) is 0 Å². The highest BCUT2D eigenvalue weighted by molar-refractivity contribution is 8.00. The molecule has 3 rings (SSSR count). The SMILES string of the molecule is Cc1c(Cc2cccc(C(F)(F)F)c2)oc2cccc(OS(=O)(=O)C(F)(F)F)c12.O=S(=O)(OS(=O)(=O)C(F)(F)F)C(F)(F)F. The van der Waals surface area contributed by atoms with Gasteiger partial charge in [0.2, 0.25) is 0 Å². The zero-order chi connectivity index (χ0) is 34.3. The third-order valence-electron chi connectivity index (χ3n) is 4.86. The van der Waals surface area contributed by atoms with Crippen LogP contribution in [0.2, 0.25) is 0 Å². The number of hydrogen-bond donors (Lipinski definition) is 0. The Hall–Kier alpha value is -3.25. The van der Waals surface area contributed by atoms with Gasteiger partial charge in [0.25, 0.3) is 0 Å². The second-order valence-corrected chi connectivity index (χ2v) is 12.8. The monoisotopic (exact) mass is 720 g/mol. The summed E-state index contributed by atoms with van der Waals surface area (Å²) in [6, 6.07) is 8.14. The van der Waals surface area contributed by atoms with Crippen LogP contribution in [0, 0.1) is 6.92 Å². The van der Waals surface area contributed by atoms with Crippen molar-refractivity contribution in [2.75, 3.05) is 0 Å². The van der Waals surface area contributed by atoms with Crippen molar-refractivity contribution in [3.63, 3.8) is 0 Å². The molecule has 1 aromatic heterocycles. The molecule has 1 heterocycles. The molecule has 2 aromatic carbocycles. The first kappa shape index (κ1) is 36.9. The number of hydrogen-bond acceptors (Lipinski definition) is 9. The maximum Gasteiger partial charge on any atom is 0.534 e. The van der Waals surface area contributed by atoms with E-state index >= 15 is 0 Å². The zero-order valence-electron chi connectivity index (χ0n) is 20.7. The van der Waals surface area contributed by atoms with Gasteiger partial charge in [0.05, 0.1) is 10.9 Å². The molecular weight excluding hydrogens is 708 g/mol. The fourth-order valence-corrected chi connectivity index (χ4v) is 4.99. The number of aryl methyl sites for hydroxylation is 1. The van der Waals surface area contributed by atoms with Gasteiger partial charge >= 0.3 is 53.1 Å². The molecule has 3 aromatic rings. The summed E-state index contributed by atoms with van der Waals surface area (Å²) in [4.78, 5) is 0. The molecule has 0 atom stereocenters. The highest BCUT2D eigenvalue weighted by atomic mass is 32.3. The standard InChI is InChI=1S/C18H12F6O4S.C2F6O5S2/c1-10-15(9-11-4-2-5-12(8-11)17(19,20)21)27-13-6-3-7-14(16(10)13)28-29(25,26)18(22,23)24;3-1(4,5)14(9,10)13-15(11,12)2(6,7)8/h2-8H,9H2,1H3;. The van der Waals surface area contributed by atoms with E-state index in [1.165, 1.54) is 31.2 Å². The molecule has 9 nitrogen and oxygen atoms in total. The van der Waals surface area contributed by atoms with Crippen LogP contribution in [-0.4, -0.2) is 41.8 Å². The second-order valence-electron chi connectivity index (χ2n) is 8.01. The molecule has 248 valence electrons. The Labute approximate surface area is 238 Å². The highest BCUT2D eigenvalue weighted by Crippen LogP contribution is 2.38. The molecule has 0 radical (unpaired) electrons. The Morgan fingerprint density at radius 2 is 1.16 bits per heavy atom. The molecule has 0 bridgehead atoms. The first-order valence-corrected chi connectivity index (χ1v) is 14.7. The van der Waals surface area contributed by atoms with Gasteiger partial charge in [0, 0.05) is 12.0 Å². The molecule has 0 aliphatic rings. The summed E-state index contributed by atoms with van der Waals surface area (Å²) in [5.74, 6) is -0.420. The van der Waals surface area contributed by atoms with Crippen molar-refractivity contribution in [1.29, 1.82) is 0 Å². The molecular formula is C20H12F12O9S3. The topological polar surface area (TPSA) is 134 Å². The predicted molar refractivity (Wildman–Crippen MR) is 122 cm³/mol. The van der Waals surface area contributed by atoms with Crippen LogP contribution >= 0.6 is 0 Å². The summed E-state index contributed by atoms with van der Waals surface area (Å²) in [6.07, 6.45) is -4.62. The molecule has 0 N–H and O–H groups in total. The van der Waals surface area contributed by atoms with E-state index in [-0.39, 0.29) is 34.3 Å². The summed E-state index contributed by atoms with van der Waals surface area (Å²) in [7, 11) is -19.6. The minimum absolute atomic E-state index is 0.0118. The molecule has 44 heavy (non-hydrogen) atoms. The van der Waals surface area contributed by atoms with Crippen LogP contribution in [0.3, 0.4) is 0 Å². The fraction of sp³-hybridized carbons (Fsp3) is 0.300. The Bertz CT molecular complexity index is 1790. The van der Waals surface area contributed by atoms with Crippen molar-refractivity contribution in [3.8, 4) is 5.75 Å². The van der Waals surface area contributed by atoms with Gasteiger partial charge in [-0.15, -0.1) is 3.63 Å².